The zero-order valence-corrected chi connectivity index (χ0v) is 19.8. The van der Waals surface area contributed by atoms with E-state index in [1.54, 1.807) is 6.92 Å². The molecule has 1 heterocycles. The number of nitrogens with zero attached hydrogens (tertiary/aromatic N) is 1. The van der Waals surface area contributed by atoms with Gasteiger partial charge in [0, 0.05) is 13.1 Å². The third-order valence-electron chi connectivity index (χ3n) is 5.15. The predicted molar refractivity (Wildman–Crippen MR) is 119 cm³/mol. The summed E-state index contributed by atoms with van der Waals surface area (Å²) in [5, 5.41) is 2.49. The van der Waals surface area contributed by atoms with E-state index in [1.807, 2.05) is 0 Å². The number of nitrogens with one attached hydrogen (secondary N) is 1. The quantitative estimate of drug-likeness (QED) is 0.545. The third kappa shape index (κ3) is 5.92. The lowest BCUT2D eigenvalue weighted by Gasteiger charge is -2.31. The van der Waals surface area contributed by atoms with Gasteiger partial charge < -0.3 is 10.1 Å². The van der Waals surface area contributed by atoms with Crippen molar-refractivity contribution in [3.8, 4) is 5.75 Å². The van der Waals surface area contributed by atoms with Crippen LogP contribution in [0.1, 0.15) is 25.3 Å². The molecule has 2 aromatic carbocycles. The summed E-state index contributed by atoms with van der Waals surface area (Å²) in [5.74, 6) is -1.02. The molecule has 1 aliphatic heterocycles. The molecule has 6 nitrogen and oxygen atoms in total. The summed E-state index contributed by atoms with van der Waals surface area (Å²) in [7, 11) is -3.95. The SMILES string of the molecule is CCOc1ccc(S(=O)(=O)N2CCC[C@H](C(=O)Nc3cc(C(F)(F)F)ccc3Cl)C2)cc1Cl. The second-order valence-electron chi connectivity index (χ2n) is 7.41. The zero-order valence-electron chi connectivity index (χ0n) is 17.5. The van der Waals surface area contributed by atoms with Crippen molar-refractivity contribution in [1.29, 1.82) is 0 Å². The van der Waals surface area contributed by atoms with Crippen LogP contribution in [0.15, 0.2) is 41.3 Å². The number of ether oxygens (including phenoxy) is 1. The maximum absolute atomic E-state index is 13.1. The Morgan fingerprint density at radius 2 is 1.91 bits per heavy atom. The van der Waals surface area contributed by atoms with Gasteiger partial charge in [-0.25, -0.2) is 8.42 Å². The molecule has 0 radical (unpaired) electrons. The van der Waals surface area contributed by atoms with E-state index in [0.29, 0.717) is 25.2 Å². The third-order valence-corrected chi connectivity index (χ3v) is 7.63. The standard InChI is InChI=1S/C21H21Cl2F3N2O4S/c1-2-32-19-8-6-15(11-17(19)23)33(30,31)28-9-3-4-13(12-28)20(29)27-18-10-14(21(24,25)26)5-7-16(18)22/h5-8,10-11,13H,2-4,9,12H2,1H3,(H,27,29)/t13-/m0/s1. The first-order chi connectivity index (χ1) is 15.4. The van der Waals surface area contributed by atoms with Crippen LogP contribution in [0.5, 0.6) is 5.75 Å². The number of sulfonamides is 1. The number of halogens is 5. The number of anilines is 1. The van der Waals surface area contributed by atoms with Gasteiger partial charge in [-0.3, -0.25) is 4.79 Å². The van der Waals surface area contributed by atoms with Crippen LogP contribution < -0.4 is 10.1 Å². The van der Waals surface area contributed by atoms with Gasteiger partial charge in [-0.1, -0.05) is 23.2 Å². The Balaban J connectivity index is 1.76. The number of hydrogen-bond acceptors (Lipinski definition) is 4. The minimum Gasteiger partial charge on any atom is -0.492 e. The van der Waals surface area contributed by atoms with Crippen molar-refractivity contribution < 1.29 is 31.1 Å². The Bertz CT molecular complexity index is 1140. The molecule has 33 heavy (non-hydrogen) atoms. The van der Waals surface area contributed by atoms with Gasteiger partial charge in [0.05, 0.1) is 38.7 Å². The van der Waals surface area contributed by atoms with Gasteiger partial charge in [0.15, 0.2) is 0 Å². The van der Waals surface area contributed by atoms with Crippen molar-refractivity contribution in [1.82, 2.24) is 4.31 Å². The molecule has 2 aromatic rings. The Morgan fingerprint density at radius 1 is 1.18 bits per heavy atom. The maximum atomic E-state index is 13.1. The molecular formula is C21H21Cl2F3N2O4S. The highest BCUT2D eigenvalue weighted by atomic mass is 35.5. The van der Waals surface area contributed by atoms with Crippen LogP contribution in [0.2, 0.25) is 10.0 Å². The Hall–Kier alpha value is -2.01. The minimum atomic E-state index is -4.60. The average Bonchev–Trinajstić information content (AvgIpc) is 2.76. The van der Waals surface area contributed by atoms with Gasteiger partial charge in [0.1, 0.15) is 5.75 Å². The number of benzene rings is 2. The molecule has 3 rings (SSSR count). The van der Waals surface area contributed by atoms with Crippen LogP contribution in [-0.4, -0.2) is 38.3 Å². The van der Waals surface area contributed by atoms with Crippen LogP contribution in [0.4, 0.5) is 18.9 Å². The monoisotopic (exact) mass is 524 g/mol. The lowest BCUT2D eigenvalue weighted by atomic mass is 9.98. The second kappa shape index (κ2) is 10.1. The summed E-state index contributed by atoms with van der Waals surface area (Å²) in [4.78, 5) is 12.7. The van der Waals surface area contributed by atoms with Gasteiger partial charge in [0.2, 0.25) is 15.9 Å². The van der Waals surface area contributed by atoms with E-state index in [4.69, 9.17) is 27.9 Å². The van der Waals surface area contributed by atoms with E-state index in [0.717, 1.165) is 18.2 Å². The topological polar surface area (TPSA) is 75.7 Å². The number of amides is 1. The van der Waals surface area contributed by atoms with Gasteiger partial charge in [-0.15, -0.1) is 0 Å². The fourth-order valence-corrected chi connectivity index (χ4v) is 5.49. The van der Waals surface area contributed by atoms with Gasteiger partial charge in [0.25, 0.3) is 0 Å². The number of carbonyl (C=O) groups is 1. The molecule has 0 aromatic heterocycles. The molecule has 0 unspecified atom stereocenters. The van der Waals surface area contributed by atoms with Gasteiger partial charge >= 0.3 is 6.18 Å². The Labute approximate surface area is 199 Å². The molecule has 180 valence electrons. The molecular weight excluding hydrogens is 504 g/mol. The maximum Gasteiger partial charge on any atom is 0.416 e. The molecule has 0 bridgehead atoms. The van der Waals surface area contributed by atoms with E-state index in [9.17, 15) is 26.4 Å². The van der Waals surface area contributed by atoms with Crippen molar-refractivity contribution in [3.05, 3.63) is 52.0 Å². The summed E-state index contributed by atoms with van der Waals surface area (Å²) < 4.78 is 71.6. The molecule has 1 fully saturated rings. The van der Waals surface area contributed by atoms with Crippen molar-refractivity contribution in [2.24, 2.45) is 5.92 Å². The van der Waals surface area contributed by atoms with Crippen molar-refractivity contribution in [2.45, 2.75) is 30.8 Å². The molecule has 12 heteroatoms. The summed E-state index contributed by atoms with van der Waals surface area (Å²) in [5.41, 5.74) is -1.14. The number of hydrogen-bond donors (Lipinski definition) is 1. The highest BCUT2D eigenvalue weighted by molar-refractivity contribution is 7.89. The molecule has 0 spiro atoms. The molecule has 1 amide bonds. The molecule has 0 aliphatic carbocycles. The van der Waals surface area contributed by atoms with E-state index in [-0.39, 0.29) is 33.7 Å². The molecule has 1 N–H and O–H groups in total. The largest absolute Gasteiger partial charge is 0.492 e. The van der Waals surface area contributed by atoms with Crippen LogP contribution in [0, 0.1) is 5.92 Å². The molecule has 0 saturated carbocycles. The number of rotatable bonds is 6. The lowest BCUT2D eigenvalue weighted by molar-refractivity contribution is -0.137. The summed E-state index contributed by atoms with van der Waals surface area (Å²) in [6.45, 7) is 2.20. The van der Waals surface area contributed by atoms with Crippen molar-refractivity contribution in [2.75, 3.05) is 25.0 Å². The van der Waals surface area contributed by atoms with Crippen LogP contribution in [-0.2, 0) is 21.0 Å². The first-order valence-corrected chi connectivity index (χ1v) is 12.2. The predicted octanol–water partition coefficient (Wildman–Crippen LogP) is 5.45. The van der Waals surface area contributed by atoms with Crippen LogP contribution in [0.25, 0.3) is 0 Å². The second-order valence-corrected chi connectivity index (χ2v) is 10.2. The smallest absolute Gasteiger partial charge is 0.416 e. The number of carbonyl (C=O) groups excluding carboxylic acids is 1. The summed E-state index contributed by atoms with van der Waals surface area (Å²) >= 11 is 12.1. The zero-order chi connectivity index (χ0) is 24.4. The van der Waals surface area contributed by atoms with E-state index in [1.165, 1.54) is 22.5 Å². The Morgan fingerprint density at radius 3 is 2.55 bits per heavy atom. The normalized spacial score (nSPS) is 17.6. The molecule has 1 aliphatic rings. The molecule has 1 saturated heterocycles. The van der Waals surface area contributed by atoms with Crippen molar-refractivity contribution in [3.63, 3.8) is 0 Å². The first kappa shape index (κ1) is 25.6. The fourth-order valence-electron chi connectivity index (χ4n) is 3.47. The van der Waals surface area contributed by atoms with E-state index in [2.05, 4.69) is 5.32 Å². The minimum absolute atomic E-state index is 0.0436. The van der Waals surface area contributed by atoms with Gasteiger partial charge in [-0.2, -0.15) is 17.5 Å². The van der Waals surface area contributed by atoms with Gasteiger partial charge in [-0.05, 0) is 56.2 Å². The number of alkyl halides is 3. The average molecular weight is 525 g/mol. The Kier molecular flexibility index (Phi) is 7.83. The number of piperidine rings is 1. The first-order valence-electron chi connectivity index (χ1n) is 10.0. The summed E-state index contributed by atoms with van der Waals surface area (Å²) in [6, 6.07) is 6.73. The summed E-state index contributed by atoms with van der Waals surface area (Å²) in [6.07, 6.45) is -3.82. The van der Waals surface area contributed by atoms with Crippen molar-refractivity contribution >= 4 is 44.8 Å². The molecule has 1 atom stereocenters. The fraction of sp³-hybridized carbons (Fsp3) is 0.381. The van der Waals surface area contributed by atoms with E-state index >= 15 is 0 Å². The van der Waals surface area contributed by atoms with Crippen LogP contribution in [0.3, 0.4) is 0 Å². The highest BCUT2D eigenvalue weighted by Gasteiger charge is 2.35. The van der Waals surface area contributed by atoms with Crippen LogP contribution >= 0.6 is 23.2 Å². The van der Waals surface area contributed by atoms with E-state index < -0.39 is 33.6 Å². The highest BCUT2D eigenvalue weighted by Crippen LogP contribution is 2.35. The lowest BCUT2D eigenvalue weighted by Crippen LogP contribution is -2.43.